The Labute approximate surface area is 140 Å². The Morgan fingerprint density at radius 3 is 2.96 bits per heavy atom. The summed E-state index contributed by atoms with van der Waals surface area (Å²) in [7, 11) is 0. The molecule has 2 aromatic rings. The molecule has 0 fully saturated rings. The van der Waals surface area contributed by atoms with E-state index in [-0.39, 0.29) is 5.91 Å². The molecule has 0 saturated heterocycles. The average molecular weight is 326 g/mol. The van der Waals surface area contributed by atoms with Gasteiger partial charge in [0.1, 0.15) is 5.76 Å². The number of aromatic nitrogens is 1. The van der Waals surface area contributed by atoms with E-state index < -0.39 is 0 Å². The first-order valence-electron chi connectivity index (χ1n) is 8.59. The number of rotatable bonds is 3. The fourth-order valence-corrected chi connectivity index (χ4v) is 3.58. The number of fused-ring (bicyclic) bond motifs is 2. The van der Waals surface area contributed by atoms with Crippen LogP contribution in [0.4, 0.5) is 5.69 Å². The van der Waals surface area contributed by atoms with Gasteiger partial charge in [-0.3, -0.25) is 9.79 Å². The maximum absolute atomic E-state index is 12.6. The van der Waals surface area contributed by atoms with Gasteiger partial charge in [-0.25, -0.2) is 4.98 Å². The maximum atomic E-state index is 12.6. The number of carbonyl (C=O) groups excluding carboxylic acids is 1. The van der Waals surface area contributed by atoms with Crippen LogP contribution in [-0.2, 0) is 17.6 Å². The molecule has 2 aromatic heterocycles. The van der Waals surface area contributed by atoms with Crippen LogP contribution in [0.2, 0.25) is 0 Å². The van der Waals surface area contributed by atoms with Gasteiger partial charge in [0.15, 0.2) is 0 Å². The number of carbonyl (C=O) groups is 1. The van der Waals surface area contributed by atoms with Gasteiger partial charge in [-0.2, -0.15) is 0 Å². The first-order valence-corrected chi connectivity index (χ1v) is 8.59. The fraction of sp³-hybridized carbons (Fsp3) is 0.500. The van der Waals surface area contributed by atoms with Crippen LogP contribution in [-0.4, -0.2) is 41.8 Å². The van der Waals surface area contributed by atoms with Crippen molar-refractivity contribution in [3.8, 4) is 0 Å². The van der Waals surface area contributed by atoms with E-state index in [1.54, 1.807) is 6.34 Å². The number of anilines is 1. The molecular weight excluding hydrogens is 304 g/mol. The molecule has 0 radical (unpaired) electrons. The van der Waals surface area contributed by atoms with E-state index in [2.05, 4.69) is 10.3 Å². The number of hydrogen-bond acceptors (Lipinski definition) is 5. The minimum absolute atomic E-state index is 0.0122. The van der Waals surface area contributed by atoms with Gasteiger partial charge in [0.25, 0.3) is 0 Å². The van der Waals surface area contributed by atoms with Crippen molar-refractivity contribution in [1.82, 2.24) is 9.88 Å². The number of pyridine rings is 1. The summed E-state index contributed by atoms with van der Waals surface area (Å²) in [5.74, 6) is 0.851. The molecule has 24 heavy (non-hydrogen) atoms. The van der Waals surface area contributed by atoms with Gasteiger partial charge in [0.2, 0.25) is 11.6 Å². The molecule has 3 heterocycles. The minimum atomic E-state index is -0.0122. The standard InChI is InChI=1S/C18H22N4O2/c1-11-12(2)24-18-16(11)17(13-5-3-4-6-14(13)20-18)21-15(23)9-22-8-7-19-10-22/h10H,3-9H2,1-2H3,(H,20,21,23). The largest absolute Gasteiger partial charge is 0.443 e. The van der Waals surface area contributed by atoms with E-state index in [4.69, 9.17) is 9.40 Å². The summed E-state index contributed by atoms with van der Waals surface area (Å²) in [6.45, 7) is 5.88. The lowest BCUT2D eigenvalue weighted by molar-refractivity contribution is -0.116. The SMILES string of the molecule is Cc1oc2nc3c(c(NC(=O)CN4C=NCC4)c2c1C)CCCC3. The van der Waals surface area contributed by atoms with Crippen molar-refractivity contribution in [2.75, 3.05) is 25.0 Å². The van der Waals surface area contributed by atoms with E-state index >= 15 is 0 Å². The molecule has 0 atom stereocenters. The highest BCUT2D eigenvalue weighted by atomic mass is 16.3. The predicted octanol–water partition coefficient (Wildman–Crippen LogP) is 2.61. The molecule has 0 aromatic carbocycles. The van der Waals surface area contributed by atoms with Gasteiger partial charge < -0.3 is 14.6 Å². The number of aliphatic imine (C=N–C) groups is 1. The van der Waals surface area contributed by atoms with E-state index in [0.717, 1.165) is 66.9 Å². The van der Waals surface area contributed by atoms with Crippen LogP contribution in [0.15, 0.2) is 9.41 Å². The number of hydrogen-bond donors (Lipinski definition) is 1. The molecule has 1 amide bonds. The lowest BCUT2D eigenvalue weighted by Crippen LogP contribution is -2.31. The van der Waals surface area contributed by atoms with Gasteiger partial charge in [-0.05, 0) is 45.1 Å². The van der Waals surface area contributed by atoms with Crippen molar-refractivity contribution < 1.29 is 9.21 Å². The van der Waals surface area contributed by atoms with Gasteiger partial charge in [0.05, 0.1) is 30.5 Å². The summed E-state index contributed by atoms with van der Waals surface area (Å²) in [6, 6.07) is 0. The first-order chi connectivity index (χ1) is 11.6. The van der Waals surface area contributed by atoms with Crippen molar-refractivity contribution in [2.45, 2.75) is 39.5 Å². The molecular formula is C18H22N4O2. The van der Waals surface area contributed by atoms with Crippen molar-refractivity contribution in [3.63, 3.8) is 0 Å². The van der Waals surface area contributed by atoms with Gasteiger partial charge in [-0.1, -0.05) is 0 Å². The van der Waals surface area contributed by atoms with Crippen LogP contribution in [0, 0.1) is 13.8 Å². The summed E-state index contributed by atoms with van der Waals surface area (Å²) >= 11 is 0. The van der Waals surface area contributed by atoms with Gasteiger partial charge in [-0.15, -0.1) is 0 Å². The molecule has 2 aliphatic rings. The maximum Gasteiger partial charge on any atom is 0.243 e. The molecule has 0 bridgehead atoms. The van der Waals surface area contributed by atoms with E-state index in [9.17, 15) is 4.79 Å². The Balaban J connectivity index is 1.74. The Morgan fingerprint density at radius 2 is 2.17 bits per heavy atom. The quantitative estimate of drug-likeness (QED) is 0.941. The lowest BCUT2D eigenvalue weighted by atomic mass is 9.93. The first kappa shape index (κ1) is 15.2. The van der Waals surface area contributed by atoms with Crippen LogP contribution in [0.5, 0.6) is 0 Å². The summed E-state index contributed by atoms with van der Waals surface area (Å²) in [5.41, 5.74) is 4.86. The Bertz CT molecular complexity index is 837. The number of amides is 1. The normalized spacial score (nSPS) is 16.7. The average Bonchev–Trinajstić information content (AvgIpc) is 3.16. The zero-order valence-corrected chi connectivity index (χ0v) is 14.2. The molecule has 0 spiro atoms. The molecule has 1 aliphatic carbocycles. The van der Waals surface area contributed by atoms with Gasteiger partial charge >= 0.3 is 0 Å². The van der Waals surface area contributed by atoms with Crippen LogP contribution in [0.3, 0.4) is 0 Å². The third-order valence-corrected chi connectivity index (χ3v) is 4.97. The smallest absolute Gasteiger partial charge is 0.243 e. The van der Waals surface area contributed by atoms with Crippen molar-refractivity contribution in [2.24, 2.45) is 4.99 Å². The van der Waals surface area contributed by atoms with E-state index in [1.165, 1.54) is 5.56 Å². The number of furan rings is 1. The van der Waals surface area contributed by atoms with Gasteiger partial charge in [0, 0.05) is 17.8 Å². The number of nitrogens with one attached hydrogen (secondary N) is 1. The molecule has 0 unspecified atom stereocenters. The monoisotopic (exact) mass is 326 g/mol. The van der Waals surface area contributed by atoms with E-state index in [0.29, 0.717) is 12.3 Å². The second-order valence-corrected chi connectivity index (χ2v) is 6.62. The van der Waals surface area contributed by atoms with Crippen molar-refractivity contribution in [1.29, 1.82) is 0 Å². The third-order valence-electron chi connectivity index (χ3n) is 4.97. The highest BCUT2D eigenvalue weighted by molar-refractivity contribution is 6.04. The second kappa shape index (κ2) is 5.92. The summed E-state index contributed by atoms with van der Waals surface area (Å²) in [6.07, 6.45) is 5.94. The Kier molecular flexibility index (Phi) is 3.75. The van der Waals surface area contributed by atoms with Crippen LogP contribution < -0.4 is 5.32 Å². The molecule has 6 nitrogen and oxygen atoms in total. The fourth-order valence-electron chi connectivity index (χ4n) is 3.58. The topological polar surface area (TPSA) is 70.7 Å². The number of nitrogens with zero attached hydrogens (tertiary/aromatic N) is 3. The molecule has 0 saturated carbocycles. The molecule has 1 aliphatic heterocycles. The second-order valence-electron chi connectivity index (χ2n) is 6.62. The lowest BCUT2D eigenvalue weighted by Gasteiger charge is -2.21. The Hall–Kier alpha value is -2.37. The zero-order valence-electron chi connectivity index (χ0n) is 14.2. The molecule has 6 heteroatoms. The van der Waals surface area contributed by atoms with E-state index in [1.807, 2.05) is 18.7 Å². The zero-order chi connectivity index (χ0) is 16.7. The Morgan fingerprint density at radius 1 is 1.33 bits per heavy atom. The minimum Gasteiger partial charge on any atom is -0.443 e. The van der Waals surface area contributed by atoms with Crippen molar-refractivity contribution in [3.05, 3.63) is 22.6 Å². The highest BCUT2D eigenvalue weighted by Crippen LogP contribution is 2.37. The van der Waals surface area contributed by atoms with Crippen LogP contribution >= 0.6 is 0 Å². The summed E-state index contributed by atoms with van der Waals surface area (Å²) in [4.78, 5) is 23.4. The third kappa shape index (κ3) is 2.56. The molecule has 126 valence electrons. The highest BCUT2D eigenvalue weighted by Gasteiger charge is 2.24. The van der Waals surface area contributed by atoms with Crippen LogP contribution in [0.1, 0.15) is 35.4 Å². The van der Waals surface area contributed by atoms with Crippen LogP contribution in [0.25, 0.3) is 11.1 Å². The summed E-state index contributed by atoms with van der Waals surface area (Å²) in [5, 5.41) is 4.11. The molecule has 1 N–H and O–H groups in total. The molecule has 4 rings (SSSR count). The van der Waals surface area contributed by atoms with Crippen molar-refractivity contribution >= 4 is 29.0 Å². The predicted molar refractivity (Wildman–Crippen MR) is 93.7 cm³/mol. The summed E-state index contributed by atoms with van der Waals surface area (Å²) < 4.78 is 5.83. The number of aryl methyl sites for hydroxylation is 3.